The first-order valence-electron chi connectivity index (χ1n) is 6.92. The summed E-state index contributed by atoms with van der Waals surface area (Å²) < 4.78 is 0. The monoisotopic (exact) mass is 310 g/mol. The zero-order valence-corrected chi connectivity index (χ0v) is 12.6. The van der Waals surface area contributed by atoms with Gasteiger partial charge in [0, 0.05) is 5.39 Å². The van der Waals surface area contributed by atoms with Gasteiger partial charge in [0.1, 0.15) is 23.6 Å². The van der Waals surface area contributed by atoms with Crippen LogP contribution in [-0.4, -0.2) is 20.0 Å². The number of aromatic nitrogens is 2. The maximum atomic E-state index is 11.1. The van der Waals surface area contributed by atoms with Crippen LogP contribution in [0.3, 0.4) is 0 Å². The van der Waals surface area contributed by atoms with Crippen LogP contribution >= 0.6 is 0 Å². The van der Waals surface area contributed by atoms with Crippen molar-refractivity contribution in [1.82, 2.24) is 9.97 Å². The van der Waals surface area contributed by atoms with Crippen molar-refractivity contribution in [1.29, 1.82) is 0 Å². The van der Waals surface area contributed by atoms with Gasteiger partial charge in [-0.15, -0.1) is 0 Å². The van der Waals surface area contributed by atoms with Gasteiger partial charge in [-0.05, 0) is 49.2 Å². The van der Waals surface area contributed by atoms with Crippen LogP contribution in [-0.2, 0) is 0 Å². The molecule has 1 heterocycles. The highest BCUT2D eigenvalue weighted by Gasteiger charge is 2.16. The second kappa shape index (κ2) is 5.53. The van der Waals surface area contributed by atoms with Gasteiger partial charge in [0.15, 0.2) is 0 Å². The summed E-state index contributed by atoms with van der Waals surface area (Å²) >= 11 is 0. The Labute approximate surface area is 131 Å². The fourth-order valence-electron chi connectivity index (χ4n) is 2.32. The van der Waals surface area contributed by atoms with Crippen molar-refractivity contribution in [3.63, 3.8) is 0 Å². The molecular formula is C16H14N4O3. The summed E-state index contributed by atoms with van der Waals surface area (Å²) in [7, 11) is 0. The van der Waals surface area contributed by atoms with E-state index in [0.29, 0.717) is 5.82 Å². The molecule has 0 aliphatic carbocycles. The third kappa shape index (κ3) is 2.76. The molecule has 1 aromatic heterocycles. The lowest BCUT2D eigenvalue weighted by atomic mass is 10.1. The molecule has 0 saturated carbocycles. The average Bonchev–Trinajstić information content (AvgIpc) is 2.50. The molecule has 7 nitrogen and oxygen atoms in total. The molecule has 0 radical (unpaired) electrons. The number of nitro groups is 1. The number of nitrogens with one attached hydrogen (secondary N) is 1. The zero-order valence-electron chi connectivity index (χ0n) is 12.6. The lowest BCUT2D eigenvalue weighted by Gasteiger charge is -2.10. The molecule has 23 heavy (non-hydrogen) atoms. The summed E-state index contributed by atoms with van der Waals surface area (Å²) in [5.74, 6) is 0.313. The number of phenolic OH excluding ortho intramolecular Hbond substituents is 1. The van der Waals surface area contributed by atoms with Gasteiger partial charge in [-0.3, -0.25) is 10.1 Å². The van der Waals surface area contributed by atoms with Crippen LogP contribution in [0.2, 0.25) is 0 Å². The lowest BCUT2D eigenvalue weighted by Crippen LogP contribution is -2.00. The summed E-state index contributed by atoms with van der Waals surface area (Å²) in [4.78, 5) is 19.0. The Hall–Kier alpha value is -3.22. The first kappa shape index (κ1) is 14.7. The van der Waals surface area contributed by atoms with Gasteiger partial charge in [-0.1, -0.05) is 0 Å². The van der Waals surface area contributed by atoms with E-state index in [1.54, 1.807) is 0 Å². The van der Waals surface area contributed by atoms with Crippen LogP contribution in [0.4, 0.5) is 17.2 Å². The number of nitrogens with zero attached hydrogens (tertiary/aromatic N) is 3. The van der Waals surface area contributed by atoms with E-state index in [-0.39, 0.29) is 17.1 Å². The molecule has 116 valence electrons. The third-order valence-electron chi connectivity index (χ3n) is 3.68. The highest BCUT2D eigenvalue weighted by molar-refractivity contribution is 5.92. The third-order valence-corrected chi connectivity index (χ3v) is 3.68. The van der Waals surface area contributed by atoms with E-state index in [2.05, 4.69) is 15.3 Å². The lowest BCUT2D eigenvalue weighted by molar-refractivity contribution is -0.384. The average molecular weight is 310 g/mol. The Kier molecular flexibility index (Phi) is 3.53. The number of aryl methyl sites for hydroxylation is 2. The number of hydrogen-bond acceptors (Lipinski definition) is 6. The van der Waals surface area contributed by atoms with Gasteiger partial charge in [0.2, 0.25) is 0 Å². The van der Waals surface area contributed by atoms with Crippen molar-refractivity contribution in [3.8, 4) is 5.75 Å². The molecule has 0 aliphatic rings. The Balaban J connectivity index is 2.13. The van der Waals surface area contributed by atoms with Crippen LogP contribution in [0.1, 0.15) is 11.1 Å². The molecular weight excluding hydrogens is 296 g/mol. The fourth-order valence-corrected chi connectivity index (χ4v) is 2.32. The van der Waals surface area contributed by atoms with Gasteiger partial charge in [-0.25, -0.2) is 9.97 Å². The zero-order chi connectivity index (χ0) is 16.6. The van der Waals surface area contributed by atoms with Crippen LogP contribution in [0, 0.1) is 24.0 Å². The largest absolute Gasteiger partial charge is 0.508 e. The fraction of sp³-hybridized carbons (Fsp3) is 0.125. The maximum Gasteiger partial charge on any atom is 0.296 e. The summed E-state index contributed by atoms with van der Waals surface area (Å²) in [5.41, 5.74) is 2.98. The van der Waals surface area contributed by atoms with E-state index in [9.17, 15) is 15.2 Å². The minimum absolute atomic E-state index is 0.165. The quantitative estimate of drug-likeness (QED) is 0.435. The highest BCUT2D eigenvalue weighted by Crippen LogP contribution is 2.32. The molecule has 0 bridgehead atoms. The number of phenols is 1. The Morgan fingerprint density at radius 2 is 1.87 bits per heavy atom. The second-order valence-corrected chi connectivity index (χ2v) is 5.26. The Morgan fingerprint density at radius 1 is 1.13 bits per heavy atom. The summed E-state index contributed by atoms with van der Waals surface area (Å²) in [6.45, 7) is 3.98. The standard InChI is InChI=1S/C16H14N4O3/c1-9-5-12-14(6-10(9)2)17-8-18-16(12)19-13-4-3-11(21)7-15(13)20(22)23/h3-8,21H,1-2H3,(H,17,18,19). The van der Waals surface area contributed by atoms with Crippen molar-refractivity contribution >= 4 is 28.1 Å². The van der Waals surface area contributed by atoms with Gasteiger partial charge in [-0.2, -0.15) is 0 Å². The van der Waals surface area contributed by atoms with E-state index in [0.717, 1.165) is 28.1 Å². The van der Waals surface area contributed by atoms with Crippen molar-refractivity contribution < 1.29 is 10.0 Å². The molecule has 0 atom stereocenters. The Morgan fingerprint density at radius 3 is 2.61 bits per heavy atom. The number of anilines is 2. The van der Waals surface area contributed by atoms with Crippen molar-refractivity contribution in [2.24, 2.45) is 0 Å². The molecule has 0 saturated heterocycles. The minimum Gasteiger partial charge on any atom is -0.508 e. The van der Waals surface area contributed by atoms with E-state index in [4.69, 9.17) is 0 Å². The van der Waals surface area contributed by atoms with Gasteiger partial charge >= 0.3 is 0 Å². The first-order chi connectivity index (χ1) is 11.0. The summed E-state index contributed by atoms with van der Waals surface area (Å²) in [6.07, 6.45) is 1.41. The number of nitro benzene ring substituents is 1. The maximum absolute atomic E-state index is 11.1. The van der Waals surface area contributed by atoms with E-state index in [1.165, 1.54) is 18.5 Å². The van der Waals surface area contributed by atoms with Crippen molar-refractivity contribution in [3.05, 3.63) is 57.9 Å². The van der Waals surface area contributed by atoms with Gasteiger partial charge in [0.05, 0.1) is 16.5 Å². The number of fused-ring (bicyclic) bond motifs is 1. The molecule has 3 aromatic rings. The second-order valence-electron chi connectivity index (χ2n) is 5.26. The molecule has 0 aliphatic heterocycles. The SMILES string of the molecule is Cc1cc2ncnc(Nc3ccc(O)cc3[N+](=O)[O-])c2cc1C. The molecule has 2 N–H and O–H groups in total. The van der Waals surface area contributed by atoms with Gasteiger partial charge in [0.25, 0.3) is 5.69 Å². The van der Waals surface area contributed by atoms with Crippen LogP contribution in [0.5, 0.6) is 5.75 Å². The Bertz CT molecular complexity index is 925. The first-order valence-corrected chi connectivity index (χ1v) is 6.92. The summed E-state index contributed by atoms with van der Waals surface area (Å²) in [6, 6.07) is 7.82. The number of rotatable bonds is 3. The van der Waals surface area contributed by atoms with Crippen molar-refractivity contribution in [2.45, 2.75) is 13.8 Å². The highest BCUT2D eigenvalue weighted by atomic mass is 16.6. The number of aromatic hydroxyl groups is 1. The molecule has 3 rings (SSSR count). The molecule has 0 spiro atoms. The predicted molar refractivity (Wildman–Crippen MR) is 87.1 cm³/mol. The molecule has 7 heteroatoms. The molecule has 0 fully saturated rings. The topological polar surface area (TPSA) is 101 Å². The normalized spacial score (nSPS) is 10.7. The van der Waals surface area contributed by atoms with Gasteiger partial charge < -0.3 is 10.4 Å². The molecule has 0 amide bonds. The molecule has 2 aromatic carbocycles. The summed E-state index contributed by atoms with van der Waals surface area (Å²) in [5, 5.41) is 24.3. The smallest absolute Gasteiger partial charge is 0.296 e. The van der Waals surface area contributed by atoms with Crippen LogP contribution in [0.25, 0.3) is 10.9 Å². The predicted octanol–water partition coefficient (Wildman–Crippen LogP) is 3.60. The number of benzene rings is 2. The van der Waals surface area contributed by atoms with Crippen molar-refractivity contribution in [2.75, 3.05) is 5.32 Å². The van der Waals surface area contributed by atoms with E-state index in [1.807, 2.05) is 26.0 Å². The van der Waals surface area contributed by atoms with Crippen LogP contribution in [0.15, 0.2) is 36.7 Å². The molecule has 0 unspecified atom stereocenters. The minimum atomic E-state index is -0.555. The van der Waals surface area contributed by atoms with E-state index < -0.39 is 4.92 Å². The van der Waals surface area contributed by atoms with E-state index >= 15 is 0 Å². The van der Waals surface area contributed by atoms with Crippen LogP contribution < -0.4 is 5.32 Å². The number of hydrogen-bond donors (Lipinski definition) is 2.